The Morgan fingerprint density at radius 2 is 1.95 bits per heavy atom. The van der Waals surface area contributed by atoms with Crippen LogP contribution in [0.15, 0.2) is 49.2 Å². The molecule has 1 saturated heterocycles. The molecule has 1 aliphatic rings. The van der Waals surface area contributed by atoms with E-state index in [4.69, 9.17) is 0 Å². The normalized spacial score (nSPS) is 22.7. The number of hydrogen-bond acceptors (Lipinski definition) is 11. The summed E-state index contributed by atoms with van der Waals surface area (Å²) in [6.45, 7) is 2.25. The van der Waals surface area contributed by atoms with Crippen molar-refractivity contribution < 1.29 is 23.4 Å². The van der Waals surface area contributed by atoms with Gasteiger partial charge in [-0.3, -0.25) is 19.3 Å². The van der Waals surface area contributed by atoms with Crippen LogP contribution in [0.4, 0.5) is 5.82 Å². The molecular weight excluding hydrogens is 500 g/mol. The number of carbonyl (C=O) groups excluding carboxylic acids is 1. The number of fused-ring (bicyclic) bond motifs is 1. The Morgan fingerprint density at radius 3 is 2.65 bits per heavy atom. The number of carbonyl (C=O) groups is 1. The molecule has 0 spiro atoms. The van der Waals surface area contributed by atoms with E-state index in [1.807, 2.05) is 19.1 Å². The van der Waals surface area contributed by atoms with Crippen molar-refractivity contribution in [2.24, 2.45) is 0 Å². The first kappa shape index (κ1) is 24.7. The van der Waals surface area contributed by atoms with Crippen LogP contribution >= 0.6 is 0 Å². The van der Waals surface area contributed by atoms with Gasteiger partial charge in [0, 0.05) is 31.2 Å². The lowest BCUT2D eigenvalue weighted by atomic mass is 10.1. The fourth-order valence-electron chi connectivity index (χ4n) is 4.38. The summed E-state index contributed by atoms with van der Waals surface area (Å²) in [6.07, 6.45) is 2.41. The van der Waals surface area contributed by atoms with Gasteiger partial charge in [-0.2, -0.15) is 0 Å². The van der Waals surface area contributed by atoms with Gasteiger partial charge in [-0.15, -0.1) is 0 Å². The molecule has 0 bridgehead atoms. The first-order chi connectivity index (χ1) is 17.7. The maximum absolute atomic E-state index is 13.3. The molecule has 0 unspecified atom stereocenters. The van der Waals surface area contributed by atoms with E-state index in [-0.39, 0.29) is 17.0 Å². The Morgan fingerprint density at radius 1 is 1.14 bits per heavy atom. The van der Waals surface area contributed by atoms with Crippen molar-refractivity contribution in [2.75, 3.05) is 12.4 Å². The van der Waals surface area contributed by atoms with E-state index in [0.29, 0.717) is 17.9 Å². The van der Waals surface area contributed by atoms with Gasteiger partial charge in [-0.1, -0.05) is 0 Å². The molecule has 4 aromatic heterocycles. The van der Waals surface area contributed by atoms with Crippen LogP contribution in [0.3, 0.4) is 0 Å². The van der Waals surface area contributed by atoms with Crippen molar-refractivity contribution in [1.82, 2.24) is 34.8 Å². The first-order valence-corrected chi connectivity index (χ1v) is 12.9. The van der Waals surface area contributed by atoms with Gasteiger partial charge in [0.05, 0.1) is 18.6 Å². The van der Waals surface area contributed by atoms with Gasteiger partial charge < -0.3 is 20.8 Å². The highest BCUT2D eigenvalue weighted by atomic mass is 32.2. The van der Waals surface area contributed by atoms with Crippen LogP contribution in [0, 0.1) is 6.92 Å². The molecule has 0 aliphatic carbocycles. The number of hydrogen-bond donors (Lipinski definition) is 4. The molecule has 4 N–H and O–H groups in total. The minimum absolute atomic E-state index is 0.0888. The molecule has 0 radical (unpaired) electrons. The Labute approximate surface area is 211 Å². The molecule has 5 heterocycles. The van der Waals surface area contributed by atoms with Gasteiger partial charge in [0.1, 0.15) is 12.2 Å². The number of anilines is 1. The molecule has 13 nitrogen and oxygen atoms in total. The number of nitrogens with one attached hydrogen (secondary N) is 2. The van der Waals surface area contributed by atoms with E-state index in [9.17, 15) is 23.4 Å². The van der Waals surface area contributed by atoms with Gasteiger partial charge in [0.15, 0.2) is 43.3 Å². The Hall–Kier alpha value is -4.01. The van der Waals surface area contributed by atoms with Crippen LogP contribution in [-0.4, -0.2) is 78.5 Å². The van der Waals surface area contributed by atoms with E-state index >= 15 is 0 Å². The monoisotopic (exact) mass is 524 g/mol. The Kier molecular flexibility index (Phi) is 6.31. The summed E-state index contributed by atoms with van der Waals surface area (Å²) in [5.74, 6) is -0.383. The van der Waals surface area contributed by atoms with Crippen LogP contribution in [0.25, 0.3) is 22.6 Å². The second kappa shape index (κ2) is 9.46. The van der Waals surface area contributed by atoms with E-state index in [1.54, 1.807) is 30.7 Å². The number of nitrogens with zero attached hydrogens (tertiary/aromatic N) is 6. The highest BCUT2D eigenvalue weighted by Gasteiger charge is 2.58. The van der Waals surface area contributed by atoms with Crippen LogP contribution < -0.4 is 10.6 Å². The summed E-state index contributed by atoms with van der Waals surface area (Å²) in [6, 6.07) is 7.24. The van der Waals surface area contributed by atoms with E-state index in [2.05, 4.69) is 35.6 Å². The number of aryl methyl sites for hydroxylation is 1. The number of rotatable bonds is 6. The SMILES string of the molecule is CNC(=O)[C@@H]1[C@@H](O)[C@@H](O)[C@H](n2cnc3c(NCc4cc(C)ccn4)nc(-c4cccnc4)nc32)S1(=O)=O. The van der Waals surface area contributed by atoms with Crippen LogP contribution in [-0.2, 0) is 21.2 Å². The Balaban J connectivity index is 1.64. The molecule has 37 heavy (non-hydrogen) atoms. The van der Waals surface area contributed by atoms with Crippen LogP contribution in [0.2, 0.25) is 0 Å². The molecule has 192 valence electrons. The number of imidazole rings is 1. The number of aliphatic hydroxyl groups excluding tert-OH is 2. The summed E-state index contributed by atoms with van der Waals surface area (Å²) in [5, 5.41) is 23.1. The molecule has 1 fully saturated rings. The quantitative estimate of drug-likeness (QED) is 0.265. The molecule has 1 amide bonds. The fourth-order valence-corrected chi connectivity index (χ4v) is 6.66. The third kappa shape index (κ3) is 4.28. The first-order valence-electron chi connectivity index (χ1n) is 11.3. The van der Waals surface area contributed by atoms with Crippen LogP contribution in [0.5, 0.6) is 0 Å². The van der Waals surface area contributed by atoms with Crippen molar-refractivity contribution in [3.8, 4) is 11.4 Å². The zero-order valence-electron chi connectivity index (χ0n) is 19.8. The fraction of sp³-hybridized carbons (Fsp3) is 0.304. The average Bonchev–Trinajstić information content (AvgIpc) is 3.37. The second-order valence-corrected chi connectivity index (χ2v) is 10.8. The maximum atomic E-state index is 13.3. The number of pyridine rings is 2. The molecule has 0 saturated carbocycles. The topological polar surface area (TPSA) is 185 Å². The largest absolute Gasteiger partial charge is 0.388 e. The molecular formula is C23H24N8O5S. The minimum Gasteiger partial charge on any atom is -0.388 e. The van der Waals surface area contributed by atoms with Crippen molar-refractivity contribution >= 4 is 32.7 Å². The van der Waals surface area contributed by atoms with Crippen molar-refractivity contribution in [3.05, 3.63) is 60.4 Å². The van der Waals surface area contributed by atoms with Crippen molar-refractivity contribution in [2.45, 2.75) is 36.3 Å². The predicted molar refractivity (Wildman–Crippen MR) is 133 cm³/mol. The molecule has 0 aromatic carbocycles. The molecule has 4 atom stereocenters. The maximum Gasteiger partial charge on any atom is 0.240 e. The molecule has 4 aromatic rings. The number of amides is 1. The van der Waals surface area contributed by atoms with E-state index in [0.717, 1.165) is 15.8 Å². The van der Waals surface area contributed by atoms with E-state index < -0.39 is 38.6 Å². The number of aliphatic hydroxyl groups is 2. The summed E-state index contributed by atoms with van der Waals surface area (Å²) < 4.78 is 27.8. The van der Waals surface area contributed by atoms with Crippen molar-refractivity contribution in [3.63, 3.8) is 0 Å². The predicted octanol–water partition coefficient (Wildman–Crippen LogP) is -0.0328. The van der Waals surface area contributed by atoms with Gasteiger partial charge >= 0.3 is 0 Å². The zero-order chi connectivity index (χ0) is 26.3. The van der Waals surface area contributed by atoms with Crippen molar-refractivity contribution in [1.29, 1.82) is 0 Å². The number of sulfone groups is 1. The standard InChI is InChI=1S/C23H24N8O5S/c1-12-5-7-26-14(8-12)10-27-20-15-21(30-19(29-20)13-4-3-6-25-9-13)31(11-28-15)23-17(33)16(32)18(22(34)24-2)37(23,35)36/h3-9,11,16-18,23,32-33H,10H2,1-2H3,(H,24,34)(H,27,29,30)/t16-,17+,18-,23+/m0/s1. The van der Waals surface area contributed by atoms with Gasteiger partial charge in [-0.25, -0.2) is 23.4 Å². The summed E-state index contributed by atoms with van der Waals surface area (Å²) in [5.41, 5.74) is 2.67. The lowest BCUT2D eigenvalue weighted by Gasteiger charge is -2.17. The molecule has 14 heteroatoms. The highest BCUT2D eigenvalue weighted by molar-refractivity contribution is 7.93. The Bertz CT molecular complexity index is 1580. The lowest BCUT2D eigenvalue weighted by Crippen LogP contribution is -2.43. The second-order valence-electron chi connectivity index (χ2n) is 8.64. The smallest absolute Gasteiger partial charge is 0.240 e. The third-order valence-corrected chi connectivity index (χ3v) is 8.55. The van der Waals surface area contributed by atoms with Crippen LogP contribution in [0.1, 0.15) is 16.6 Å². The lowest BCUT2D eigenvalue weighted by molar-refractivity contribution is -0.123. The van der Waals surface area contributed by atoms with E-state index in [1.165, 1.54) is 13.4 Å². The highest BCUT2D eigenvalue weighted by Crippen LogP contribution is 2.38. The molecule has 5 rings (SSSR count). The van der Waals surface area contributed by atoms with Gasteiger partial charge in [-0.05, 0) is 36.8 Å². The minimum atomic E-state index is -4.39. The third-order valence-electron chi connectivity index (χ3n) is 6.17. The van der Waals surface area contributed by atoms with Gasteiger partial charge in [0.25, 0.3) is 0 Å². The zero-order valence-corrected chi connectivity index (χ0v) is 20.7. The summed E-state index contributed by atoms with van der Waals surface area (Å²) >= 11 is 0. The average molecular weight is 525 g/mol. The summed E-state index contributed by atoms with van der Waals surface area (Å²) in [7, 11) is -3.14. The number of aromatic nitrogens is 6. The molecule has 1 aliphatic heterocycles. The van der Waals surface area contributed by atoms with Gasteiger partial charge in [0.2, 0.25) is 5.91 Å². The summed E-state index contributed by atoms with van der Waals surface area (Å²) in [4.78, 5) is 34.1.